The number of aromatic nitrogens is 2. The summed E-state index contributed by atoms with van der Waals surface area (Å²) in [6.07, 6.45) is 3.84. The van der Waals surface area contributed by atoms with Crippen LogP contribution in [0.1, 0.15) is 18.5 Å². The molecule has 1 aromatic heterocycles. The summed E-state index contributed by atoms with van der Waals surface area (Å²) >= 11 is 5.17. The molecule has 0 saturated carbocycles. The number of nitrogens with zero attached hydrogens (tertiary/aromatic N) is 1. The Hall–Kier alpha value is -1.35. The molecule has 14 heavy (non-hydrogen) atoms. The first-order valence-electron chi connectivity index (χ1n) is 4.59. The van der Waals surface area contributed by atoms with E-state index in [0.717, 1.165) is 4.77 Å². The smallest absolute Gasteiger partial charge is 0.177 e. The first kappa shape index (κ1) is 9.21. The summed E-state index contributed by atoms with van der Waals surface area (Å²) in [6.45, 7) is 2.14. The third kappa shape index (κ3) is 1.63. The quantitative estimate of drug-likeness (QED) is 0.745. The molecule has 1 aromatic carbocycles. The van der Waals surface area contributed by atoms with Crippen molar-refractivity contribution in [3.05, 3.63) is 53.1 Å². The monoisotopic (exact) mass is 204 g/mol. The first-order valence-corrected chi connectivity index (χ1v) is 5.00. The molecule has 72 valence electrons. The summed E-state index contributed by atoms with van der Waals surface area (Å²) in [7, 11) is 0. The minimum atomic E-state index is 0.287. The summed E-state index contributed by atoms with van der Waals surface area (Å²) in [4.78, 5) is 3.00. The highest BCUT2D eigenvalue weighted by atomic mass is 32.1. The Morgan fingerprint density at radius 2 is 2.00 bits per heavy atom. The van der Waals surface area contributed by atoms with Crippen LogP contribution >= 0.6 is 12.2 Å². The molecule has 1 N–H and O–H groups in total. The Morgan fingerprint density at radius 3 is 2.57 bits per heavy atom. The summed E-state index contributed by atoms with van der Waals surface area (Å²) in [5, 5.41) is 0. The molecule has 0 aliphatic rings. The van der Waals surface area contributed by atoms with Crippen LogP contribution in [0.3, 0.4) is 0 Å². The predicted octanol–water partition coefficient (Wildman–Crippen LogP) is 3.15. The minimum absolute atomic E-state index is 0.287. The topological polar surface area (TPSA) is 20.7 Å². The second kappa shape index (κ2) is 3.80. The number of hydrogen-bond donors (Lipinski definition) is 1. The highest BCUT2D eigenvalue weighted by molar-refractivity contribution is 7.71. The number of aromatic amines is 1. The van der Waals surface area contributed by atoms with Crippen LogP contribution in [0.5, 0.6) is 0 Å². The summed E-state index contributed by atoms with van der Waals surface area (Å²) in [6, 6.07) is 10.6. The van der Waals surface area contributed by atoms with Gasteiger partial charge in [0.2, 0.25) is 0 Å². The minimum Gasteiger partial charge on any atom is -0.337 e. The molecule has 0 aliphatic heterocycles. The third-order valence-corrected chi connectivity index (χ3v) is 2.70. The Morgan fingerprint density at radius 1 is 1.29 bits per heavy atom. The highest BCUT2D eigenvalue weighted by Crippen LogP contribution is 2.16. The zero-order valence-electron chi connectivity index (χ0n) is 7.97. The van der Waals surface area contributed by atoms with Crippen molar-refractivity contribution in [1.82, 2.24) is 9.55 Å². The van der Waals surface area contributed by atoms with Crippen molar-refractivity contribution in [3.63, 3.8) is 0 Å². The molecule has 1 heterocycles. The first-order chi connectivity index (χ1) is 6.79. The molecule has 1 atom stereocenters. The van der Waals surface area contributed by atoms with Crippen molar-refractivity contribution < 1.29 is 0 Å². The van der Waals surface area contributed by atoms with Gasteiger partial charge in [0, 0.05) is 12.4 Å². The number of nitrogens with one attached hydrogen (secondary N) is 1. The van der Waals surface area contributed by atoms with E-state index in [-0.39, 0.29) is 6.04 Å². The summed E-state index contributed by atoms with van der Waals surface area (Å²) in [5.41, 5.74) is 1.27. The third-order valence-electron chi connectivity index (χ3n) is 2.38. The molecule has 2 nitrogen and oxygen atoms in total. The van der Waals surface area contributed by atoms with Crippen LogP contribution in [0.25, 0.3) is 0 Å². The van der Waals surface area contributed by atoms with Gasteiger partial charge in [0.25, 0.3) is 0 Å². The van der Waals surface area contributed by atoms with Crippen molar-refractivity contribution >= 4 is 12.2 Å². The summed E-state index contributed by atoms with van der Waals surface area (Å²) < 4.78 is 2.81. The fourth-order valence-corrected chi connectivity index (χ4v) is 1.82. The molecule has 3 heteroatoms. The van der Waals surface area contributed by atoms with E-state index in [0.29, 0.717) is 0 Å². The SMILES string of the molecule is C[C@H](c1ccccc1)n1cc[nH]c1=S. The van der Waals surface area contributed by atoms with Crippen LogP contribution in [0.4, 0.5) is 0 Å². The molecular formula is C11H12N2S. The molecular weight excluding hydrogens is 192 g/mol. The molecule has 0 unspecified atom stereocenters. The van der Waals surface area contributed by atoms with Crippen molar-refractivity contribution in [2.24, 2.45) is 0 Å². The van der Waals surface area contributed by atoms with Gasteiger partial charge < -0.3 is 9.55 Å². The van der Waals surface area contributed by atoms with E-state index in [1.165, 1.54) is 5.56 Å². The molecule has 2 aromatic rings. The van der Waals surface area contributed by atoms with Gasteiger partial charge in [-0.2, -0.15) is 0 Å². The van der Waals surface area contributed by atoms with Gasteiger partial charge in [-0.25, -0.2) is 0 Å². The standard InChI is InChI=1S/C11H12N2S/c1-9(10-5-3-2-4-6-10)13-8-7-12-11(13)14/h2-9H,1H3,(H,12,14)/t9-/m1/s1. The number of rotatable bonds is 2. The van der Waals surface area contributed by atoms with E-state index in [4.69, 9.17) is 12.2 Å². The zero-order chi connectivity index (χ0) is 9.97. The van der Waals surface area contributed by atoms with Crippen LogP contribution in [-0.4, -0.2) is 9.55 Å². The molecule has 0 amide bonds. The van der Waals surface area contributed by atoms with E-state index in [1.54, 1.807) is 0 Å². The molecule has 0 radical (unpaired) electrons. The van der Waals surface area contributed by atoms with Gasteiger partial charge in [-0.1, -0.05) is 30.3 Å². The van der Waals surface area contributed by atoms with E-state index in [2.05, 4.69) is 24.0 Å². The molecule has 0 spiro atoms. The Labute approximate surface area is 88.2 Å². The normalized spacial score (nSPS) is 12.6. The van der Waals surface area contributed by atoms with Crippen LogP contribution in [0, 0.1) is 4.77 Å². The van der Waals surface area contributed by atoms with Gasteiger partial charge in [0.1, 0.15) is 0 Å². The van der Waals surface area contributed by atoms with E-state index >= 15 is 0 Å². The van der Waals surface area contributed by atoms with Crippen molar-refractivity contribution in [2.45, 2.75) is 13.0 Å². The fraction of sp³-hybridized carbons (Fsp3) is 0.182. The number of imidazole rings is 1. The number of benzene rings is 1. The number of H-pyrrole nitrogens is 1. The molecule has 2 rings (SSSR count). The average molecular weight is 204 g/mol. The lowest BCUT2D eigenvalue weighted by Gasteiger charge is -2.12. The van der Waals surface area contributed by atoms with Crippen LogP contribution in [-0.2, 0) is 0 Å². The largest absolute Gasteiger partial charge is 0.337 e. The van der Waals surface area contributed by atoms with Crippen molar-refractivity contribution in [1.29, 1.82) is 0 Å². The fourth-order valence-electron chi connectivity index (χ4n) is 1.53. The van der Waals surface area contributed by atoms with Crippen LogP contribution in [0.2, 0.25) is 0 Å². The van der Waals surface area contributed by atoms with E-state index < -0.39 is 0 Å². The molecule has 0 aliphatic carbocycles. The second-order valence-corrected chi connectivity index (χ2v) is 3.65. The molecule has 0 bridgehead atoms. The van der Waals surface area contributed by atoms with Crippen molar-refractivity contribution in [3.8, 4) is 0 Å². The van der Waals surface area contributed by atoms with E-state index in [1.807, 2.05) is 35.2 Å². The lowest BCUT2D eigenvalue weighted by atomic mass is 10.1. The van der Waals surface area contributed by atoms with Gasteiger partial charge >= 0.3 is 0 Å². The Balaban J connectivity index is 2.39. The maximum absolute atomic E-state index is 5.17. The highest BCUT2D eigenvalue weighted by Gasteiger charge is 2.06. The second-order valence-electron chi connectivity index (χ2n) is 3.26. The van der Waals surface area contributed by atoms with Gasteiger partial charge in [-0.3, -0.25) is 0 Å². The van der Waals surface area contributed by atoms with Crippen molar-refractivity contribution in [2.75, 3.05) is 0 Å². The zero-order valence-corrected chi connectivity index (χ0v) is 8.79. The maximum Gasteiger partial charge on any atom is 0.177 e. The molecule has 0 saturated heterocycles. The Kier molecular flexibility index (Phi) is 2.50. The maximum atomic E-state index is 5.17. The average Bonchev–Trinajstić information content (AvgIpc) is 2.65. The Bertz CT molecular complexity index is 455. The van der Waals surface area contributed by atoms with Crippen LogP contribution in [0.15, 0.2) is 42.7 Å². The lowest BCUT2D eigenvalue weighted by Crippen LogP contribution is -2.05. The predicted molar refractivity (Wildman–Crippen MR) is 59.9 cm³/mol. The number of hydrogen-bond acceptors (Lipinski definition) is 1. The summed E-state index contributed by atoms with van der Waals surface area (Å²) in [5.74, 6) is 0. The lowest BCUT2D eigenvalue weighted by molar-refractivity contribution is 0.630. The molecule has 0 fully saturated rings. The van der Waals surface area contributed by atoms with Gasteiger partial charge in [0.15, 0.2) is 4.77 Å². The van der Waals surface area contributed by atoms with Gasteiger partial charge in [0.05, 0.1) is 6.04 Å². The van der Waals surface area contributed by atoms with Gasteiger partial charge in [-0.05, 0) is 24.7 Å². The van der Waals surface area contributed by atoms with Gasteiger partial charge in [-0.15, -0.1) is 0 Å². The van der Waals surface area contributed by atoms with E-state index in [9.17, 15) is 0 Å². The van der Waals surface area contributed by atoms with Crippen LogP contribution < -0.4 is 0 Å².